The van der Waals surface area contributed by atoms with Crippen LogP contribution < -0.4 is 4.90 Å². The van der Waals surface area contributed by atoms with Gasteiger partial charge in [0, 0.05) is 31.4 Å². The molecular weight excluding hydrogens is 264 g/mol. The molecule has 0 radical (unpaired) electrons. The molecule has 1 aliphatic rings. The maximum atomic E-state index is 10.6. The number of carboxylic acid groups (broad SMARTS) is 1. The summed E-state index contributed by atoms with van der Waals surface area (Å²) in [6.07, 6.45) is 5.35. The Morgan fingerprint density at radius 3 is 2.86 bits per heavy atom. The van der Waals surface area contributed by atoms with Crippen LogP contribution in [0.4, 0.5) is 5.69 Å². The number of aliphatic carboxylic acids is 1. The number of likely N-dealkylation sites (tertiary alicyclic amines) is 1. The zero-order valence-electron chi connectivity index (χ0n) is 13.0. The van der Waals surface area contributed by atoms with Gasteiger partial charge < -0.3 is 14.9 Å². The quantitative estimate of drug-likeness (QED) is 0.846. The zero-order valence-corrected chi connectivity index (χ0v) is 13.0. The summed E-state index contributed by atoms with van der Waals surface area (Å²) < 4.78 is 0. The van der Waals surface area contributed by atoms with Gasteiger partial charge in [-0.2, -0.15) is 0 Å². The molecule has 1 N–H and O–H groups in total. The molecule has 114 valence electrons. The lowest BCUT2D eigenvalue weighted by atomic mass is 10.1. The predicted octanol–water partition coefficient (Wildman–Crippen LogP) is 2.62. The molecule has 0 amide bonds. The Labute approximate surface area is 126 Å². The summed E-state index contributed by atoms with van der Waals surface area (Å²) in [6, 6.07) is 6.70. The van der Waals surface area contributed by atoms with Crippen molar-refractivity contribution in [1.29, 1.82) is 0 Å². The minimum atomic E-state index is -0.918. The van der Waals surface area contributed by atoms with Crippen molar-refractivity contribution in [3.63, 3.8) is 0 Å². The van der Waals surface area contributed by atoms with Gasteiger partial charge in [0.15, 0.2) is 0 Å². The standard InChI is InChI=1S/C17H24N2O2/c1-13-11-14(7-9-17(20)21)6-8-16(13)19(3)12-15-5-4-10-18(15)2/h6-9,11,15H,4-5,10,12H2,1-3H3,(H,20,21). The van der Waals surface area contributed by atoms with Crippen LogP contribution in [0.5, 0.6) is 0 Å². The van der Waals surface area contributed by atoms with Gasteiger partial charge in [0.05, 0.1) is 0 Å². The van der Waals surface area contributed by atoms with Gasteiger partial charge in [-0.3, -0.25) is 0 Å². The normalized spacial score (nSPS) is 19.3. The largest absolute Gasteiger partial charge is 0.478 e. The fourth-order valence-corrected chi connectivity index (χ4v) is 3.00. The molecule has 1 fully saturated rings. The lowest BCUT2D eigenvalue weighted by Crippen LogP contribution is -2.36. The lowest BCUT2D eigenvalue weighted by molar-refractivity contribution is -0.131. The first-order valence-corrected chi connectivity index (χ1v) is 7.40. The Bertz CT molecular complexity index is 540. The minimum Gasteiger partial charge on any atom is -0.478 e. The Morgan fingerprint density at radius 2 is 2.29 bits per heavy atom. The maximum Gasteiger partial charge on any atom is 0.328 e. The first-order valence-electron chi connectivity index (χ1n) is 7.40. The van der Waals surface area contributed by atoms with Crippen LogP contribution in [0.2, 0.25) is 0 Å². The molecule has 1 atom stereocenters. The van der Waals surface area contributed by atoms with E-state index in [4.69, 9.17) is 5.11 Å². The van der Waals surface area contributed by atoms with Gasteiger partial charge in [-0.1, -0.05) is 6.07 Å². The van der Waals surface area contributed by atoms with Crippen molar-refractivity contribution < 1.29 is 9.90 Å². The van der Waals surface area contributed by atoms with Crippen LogP contribution in [-0.2, 0) is 4.79 Å². The topological polar surface area (TPSA) is 43.8 Å². The molecule has 1 saturated heterocycles. The molecule has 4 heteroatoms. The summed E-state index contributed by atoms with van der Waals surface area (Å²) in [5, 5.41) is 8.67. The summed E-state index contributed by atoms with van der Waals surface area (Å²) in [5.74, 6) is -0.918. The fraction of sp³-hybridized carbons (Fsp3) is 0.471. The number of nitrogens with zero attached hydrogens (tertiary/aromatic N) is 2. The second-order valence-electron chi connectivity index (χ2n) is 5.87. The molecule has 2 rings (SSSR count). The molecule has 21 heavy (non-hydrogen) atoms. The fourth-order valence-electron chi connectivity index (χ4n) is 3.00. The molecule has 0 spiro atoms. The van der Waals surface area contributed by atoms with E-state index < -0.39 is 5.97 Å². The van der Waals surface area contributed by atoms with Crippen molar-refractivity contribution in [3.05, 3.63) is 35.4 Å². The van der Waals surface area contributed by atoms with E-state index in [0.717, 1.165) is 12.1 Å². The number of benzene rings is 1. The lowest BCUT2D eigenvalue weighted by Gasteiger charge is -2.28. The van der Waals surface area contributed by atoms with Gasteiger partial charge in [-0.05, 0) is 62.7 Å². The van der Waals surface area contributed by atoms with E-state index in [9.17, 15) is 4.79 Å². The Hall–Kier alpha value is -1.81. The highest BCUT2D eigenvalue weighted by molar-refractivity contribution is 5.85. The van der Waals surface area contributed by atoms with Gasteiger partial charge >= 0.3 is 5.97 Å². The highest BCUT2D eigenvalue weighted by atomic mass is 16.4. The molecule has 4 nitrogen and oxygen atoms in total. The van der Waals surface area contributed by atoms with E-state index in [1.54, 1.807) is 6.08 Å². The van der Waals surface area contributed by atoms with Gasteiger partial charge in [0.25, 0.3) is 0 Å². The molecule has 1 aromatic carbocycles. The van der Waals surface area contributed by atoms with Crippen LogP contribution >= 0.6 is 0 Å². The van der Waals surface area contributed by atoms with Gasteiger partial charge in [0.1, 0.15) is 0 Å². The molecule has 0 aliphatic carbocycles. The number of hydrogen-bond donors (Lipinski definition) is 1. The molecule has 0 saturated carbocycles. The monoisotopic (exact) mass is 288 g/mol. The summed E-state index contributed by atoms with van der Waals surface area (Å²) in [5.41, 5.74) is 3.30. The number of hydrogen-bond acceptors (Lipinski definition) is 3. The number of anilines is 1. The van der Waals surface area contributed by atoms with Gasteiger partial charge in [-0.25, -0.2) is 4.79 Å². The van der Waals surface area contributed by atoms with E-state index in [0.29, 0.717) is 6.04 Å². The van der Waals surface area contributed by atoms with E-state index in [-0.39, 0.29) is 0 Å². The maximum absolute atomic E-state index is 10.6. The van der Waals surface area contributed by atoms with E-state index in [2.05, 4.69) is 36.9 Å². The van der Waals surface area contributed by atoms with Crippen LogP contribution in [0, 0.1) is 6.92 Å². The van der Waals surface area contributed by atoms with Crippen molar-refractivity contribution in [1.82, 2.24) is 4.90 Å². The average Bonchev–Trinajstić information content (AvgIpc) is 2.82. The summed E-state index contributed by atoms with van der Waals surface area (Å²) >= 11 is 0. The number of aryl methyl sites for hydroxylation is 1. The molecule has 0 bridgehead atoms. The summed E-state index contributed by atoms with van der Waals surface area (Å²) in [7, 11) is 4.32. The summed E-state index contributed by atoms with van der Waals surface area (Å²) in [4.78, 5) is 15.3. The van der Waals surface area contributed by atoms with E-state index >= 15 is 0 Å². The van der Waals surface area contributed by atoms with Crippen LogP contribution in [0.3, 0.4) is 0 Å². The number of carbonyl (C=O) groups is 1. The van der Waals surface area contributed by atoms with Crippen molar-refractivity contribution >= 4 is 17.7 Å². The predicted molar refractivity (Wildman–Crippen MR) is 86.8 cm³/mol. The Morgan fingerprint density at radius 1 is 1.52 bits per heavy atom. The Balaban J connectivity index is 2.07. The van der Waals surface area contributed by atoms with Crippen LogP contribution in [0.1, 0.15) is 24.0 Å². The van der Waals surface area contributed by atoms with E-state index in [1.165, 1.54) is 36.7 Å². The minimum absolute atomic E-state index is 0.626. The SMILES string of the molecule is Cc1cc(C=CC(=O)O)ccc1N(C)CC1CCCN1C. The molecule has 0 aromatic heterocycles. The van der Waals surface area contributed by atoms with Crippen molar-refractivity contribution in [2.75, 3.05) is 32.1 Å². The molecule has 1 aliphatic heterocycles. The first-order chi connectivity index (χ1) is 9.97. The number of likely N-dealkylation sites (N-methyl/N-ethyl adjacent to an activating group) is 2. The van der Waals surface area contributed by atoms with Crippen LogP contribution in [0.25, 0.3) is 6.08 Å². The van der Waals surface area contributed by atoms with Gasteiger partial charge in [0.2, 0.25) is 0 Å². The summed E-state index contributed by atoms with van der Waals surface area (Å²) in [6.45, 7) is 4.29. The van der Waals surface area contributed by atoms with Crippen molar-refractivity contribution in [2.45, 2.75) is 25.8 Å². The molecule has 1 aromatic rings. The van der Waals surface area contributed by atoms with Crippen molar-refractivity contribution in [2.24, 2.45) is 0 Å². The molecule has 1 heterocycles. The first kappa shape index (κ1) is 15.6. The number of rotatable bonds is 5. The number of carboxylic acids is 1. The second-order valence-corrected chi connectivity index (χ2v) is 5.87. The molecular formula is C17H24N2O2. The zero-order chi connectivity index (χ0) is 15.4. The Kier molecular flexibility index (Phi) is 5.02. The third kappa shape index (κ3) is 4.08. The molecule has 1 unspecified atom stereocenters. The van der Waals surface area contributed by atoms with Gasteiger partial charge in [-0.15, -0.1) is 0 Å². The second kappa shape index (κ2) is 6.76. The van der Waals surface area contributed by atoms with Crippen molar-refractivity contribution in [3.8, 4) is 0 Å². The highest BCUT2D eigenvalue weighted by Crippen LogP contribution is 2.23. The average molecular weight is 288 g/mol. The van der Waals surface area contributed by atoms with E-state index in [1.807, 2.05) is 12.1 Å². The third-order valence-electron chi connectivity index (χ3n) is 4.21. The van der Waals surface area contributed by atoms with Crippen LogP contribution in [0.15, 0.2) is 24.3 Å². The van der Waals surface area contributed by atoms with Crippen LogP contribution in [-0.4, -0.2) is 49.2 Å². The smallest absolute Gasteiger partial charge is 0.328 e. The highest BCUT2D eigenvalue weighted by Gasteiger charge is 2.22. The third-order valence-corrected chi connectivity index (χ3v) is 4.21.